The summed E-state index contributed by atoms with van der Waals surface area (Å²) in [5, 5.41) is 2.68. The topological polar surface area (TPSA) is 68.0 Å². The van der Waals surface area contributed by atoms with Crippen LogP contribution in [0.3, 0.4) is 0 Å². The Morgan fingerprint density at radius 1 is 1.18 bits per heavy atom. The summed E-state index contributed by atoms with van der Waals surface area (Å²) in [6.45, 7) is 0. The molecular formula is C13H13N3O. The predicted octanol–water partition coefficient (Wildman–Crippen LogP) is 1.84. The Hall–Kier alpha value is -2.36. The molecule has 86 valence electrons. The number of pyridine rings is 1. The molecule has 0 aliphatic carbocycles. The van der Waals surface area contributed by atoms with Crippen molar-refractivity contribution in [3.8, 4) is 0 Å². The fourth-order valence-electron chi connectivity index (χ4n) is 1.48. The number of carbonyl (C=O) groups is 1. The lowest BCUT2D eigenvalue weighted by molar-refractivity contribution is -0.115. The second kappa shape index (κ2) is 5.12. The lowest BCUT2D eigenvalue weighted by atomic mass is 10.1. The first-order valence-electron chi connectivity index (χ1n) is 5.30. The van der Waals surface area contributed by atoms with Gasteiger partial charge in [0.05, 0.1) is 12.1 Å². The lowest BCUT2D eigenvalue weighted by Gasteiger charge is -2.06. The third-order valence-electron chi connectivity index (χ3n) is 2.30. The van der Waals surface area contributed by atoms with E-state index in [1.165, 1.54) is 0 Å². The summed E-state index contributed by atoms with van der Waals surface area (Å²) in [6.07, 6.45) is 1.91. The smallest absolute Gasteiger partial charge is 0.230 e. The fourth-order valence-corrected chi connectivity index (χ4v) is 1.48. The van der Waals surface area contributed by atoms with Crippen LogP contribution >= 0.6 is 0 Å². The first-order valence-corrected chi connectivity index (χ1v) is 5.30. The van der Waals surface area contributed by atoms with Gasteiger partial charge in [-0.15, -0.1) is 0 Å². The van der Waals surface area contributed by atoms with Crippen molar-refractivity contribution < 1.29 is 4.79 Å². The molecule has 0 unspecified atom stereocenters. The van der Waals surface area contributed by atoms with Crippen molar-refractivity contribution in [2.24, 2.45) is 0 Å². The largest absolute Gasteiger partial charge is 0.396 e. The van der Waals surface area contributed by atoms with E-state index in [9.17, 15) is 4.79 Å². The highest BCUT2D eigenvalue weighted by Crippen LogP contribution is 2.13. The number of carbonyl (C=O) groups excluding carboxylic acids is 1. The van der Waals surface area contributed by atoms with E-state index >= 15 is 0 Å². The van der Waals surface area contributed by atoms with Crippen molar-refractivity contribution >= 4 is 17.4 Å². The van der Waals surface area contributed by atoms with Crippen LogP contribution in [-0.2, 0) is 11.2 Å². The van der Waals surface area contributed by atoms with Crippen molar-refractivity contribution in [2.45, 2.75) is 6.42 Å². The number of hydrogen-bond acceptors (Lipinski definition) is 3. The molecule has 4 heteroatoms. The van der Waals surface area contributed by atoms with E-state index in [0.29, 0.717) is 17.9 Å². The van der Waals surface area contributed by atoms with Gasteiger partial charge in [0.2, 0.25) is 5.91 Å². The van der Waals surface area contributed by atoms with Crippen LogP contribution in [-0.4, -0.2) is 10.9 Å². The van der Waals surface area contributed by atoms with Gasteiger partial charge >= 0.3 is 0 Å². The maximum Gasteiger partial charge on any atom is 0.230 e. The van der Waals surface area contributed by atoms with Gasteiger partial charge in [0.1, 0.15) is 0 Å². The Balaban J connectivity index is 2.01. The molecule has 0 bridgehead atoms. The molecule has 0 fully saturated rings. The zero-order chi connectivity index (χ0) is 12.1. The molecule has 0 aliphatic rings. The minimum atomic E-state index is -0.124. The van der Waals surface area contributed by atoms with E-state index in [2.05, 4.69) is 10.3 Å². The molecule has 17 heavy (non-hydrogen) atoms. The van der Waals surface area contributed by atoms with E-state index in [0.717, 1.165) is 5.56 Å². The van der Waals surface area contributed by atoms with E-state index in [-0.39, 0.29) is 5.91 Å². The van der Waals surface area contributed by atoms with Crippen molar-refractivity contribution in [2.75, 3.05) is 11.1 Å². The molecule has 1 aromatic heterocycles. The van der Waals surface area contributed by atoms with Crippen LogP contribution in [0.15, 0.2) is 48.7 Å². The molecule has 0 saturated heterocycles. The van der Waals surface area contributed by atoms with Gasteiger partial charge in [-0.3, -0.25) is 4.79 Å². The Labute approximate surface area is 99.5 Å². The maximum absolute atomic E-state index is 11.7. The number of nitrogens with one attached hydrogen (secondary N) is 1. The number of rotatable bonds is 3. The number of hydrogen-bond donors (Lipinski definition) is 2. The normalized spacial score (nSPS) is 9.88. The number of nitrogens with zero attached hydrogens (tertiary/aromatic N) is 1. The highest BCUT2D eigenvalue weighted by molar-refractivity contribution is 5.93. The van der Waals surface area contributed by atoms with Crippen LogP contribution in [0.1, 0.15) is 5.56 Å². The van der Waals surface area contributed by atoms with Gasteiger partial charge in [-0.1, -0.05) is 30.3 Å². The average molecular weight is 227 g/mol. The van der Waals surface area contributed by atoms with Crippen molar-refractivity contribution in [1.82, 2.24) is 4.98 Å². The zero-order valence-corrected chi connectivity index (χ0v) is 9.26. The van der Waals surface area contributed by atoms with Crippen LogP contribution in [0.25, 0.3) is 0 Å². The Morgan fingerprint density at radius 2 is 1.94 bits per heavy atom. The minimum Gasteiger partial charge on any atom is -0.396 e. The molecule has 0 aliphatic heterocycles. The summed E-state index contributed by atoms with van der Waals surface area (Å²) in [5.41, 5.74) is 7.11. The molecule has 2 rings (SSSR count). The molecule has 2 aromatic rings. The van der Waals surface area contributed by atoms with Gasteiger partial charge in [-0.2, -0.15) is 0 Å². The van der Waals surface area contributed by atoms with Gasteiger partial charge < -0.3 is 11.1 Å². The molecule has 0 radical (unpaired) electrons. The molecule has 0 spiro atoms. The first-order chi connectivity index (χ1) is 8.25. The number of benzene rings is 1. The molecule has 4 nitrogen and oxygen atoms in total. The van der Waals surface area contributed by atoms with E-state index in [1.807, 2.05) is 30.3 Å². The molecular weight excluding hydrogens is 214 g/mol. The zero-order valence-electron chi connectivity index (χ0n) is 9.26. The summed E-state index contributed by atoms with van der Waals surface area (Å²) in [7, 11) is 0. The van der Waals surface area contributed by atoms with Crippen LogP contribution < -0.4 is 11.1 Å². The third kappa shape index (κ3) is 3.04. The van der Waals surface area contributed by atoms with Gasteiger partial charge in [0.15, 0.2) is 5.82 Å². The van der Waals surface area contributed by atoms with Crippen molar-refractivity contribution in [1.29, 1.82) is 0 Å². The predicted molar refractivity (Wildman–Crippen MR) is 67.4 cm³/mol. The summed E-state index contributed by atoms with van der Waals surface area (Å²) < 4.78 is 0. The highest BCUT2D eigenvalue weighted by atomic mass is 16.1. The van der Waals surface area contributed by atoms with Gasteiger partial charge in [0, 0.05) is 6.20 Å². The third-order valence-corrected chi connectivity index (χ3v) is 2.30. The quantitative estimate of drug-likeness (QED) is 0.840. The number of nitrogens with two attached hydrogens (primary N) is 1. The molecule has 1 aromatic carbocycles. The SMILES string of the molecule is Nc1cccnc1NC(=O)Cc1ccccc1. The molecule has 1 heterocycles. The Morgan fingerprint density at radius 3 is 2.65 bits per heavy atom. The molecule has 0 saturated carbocycles. The highest BCUT2D eigenvalue weighted by Gasteiger charge is 2.06. The summed E-state index contributed by atoms with van der Waals surface area (Å²) in [5.74, 6) is 0.287. The van der Waals surface area contributed by atoms with Crippen LogP contribution in [0.2, 0.25) is 0 Å². The molecule has 1 amide bonds. The number of nitrogen functional groups attached to an aromatic ring is 1. The van der Waals surface area contributed by atoms with Crippen LogP contribution in [0.4, 0.5) is 11.5 Å². The summed E-state index contributed by atoms with van der Waals surface area (Å²) in [6, 6.07) is 12.9. The molecule has 0 atom stereocenters. The first kappa shape index (κ1) is 11.1. The van der Waals surface area contributed by atoms with Crippen molar-refractivity contribution in [3.05, 3.63) is 54.2 Å². The number of amides is 1. The van der Waals surface area contributed by atoms with E-state index in [1.54, 1.807) is 18.3 Å². The lowest BCUT2D eigenvalue weighted by Crippen LogP contribution is -2.16. The van der Waals surface area contributed by atoms with E-state index < -0.39 is 0 Å². The Kier molecular flexibility index (Phi) is 3.35. The van der Waals surface area contributed by atoms with Gasteiger partial charge in [-0.05, 0) is 17.7 Å². The van der Waals surface area contributed by atoms with E-state index in [4.69, 9.17) is 5.73 Å². The van der Waals surface area contributed by atoms with Crippen molar-refractivity contribution in [3.63, 3.8) is 0 Å². The maximum atomic E-state index is 11.7. The van der Waals surface area contributed by atoms with Crippen LogP contribution in [0.5, 0.6) is 0 Å². The van der Waals surface area contributed by atoms with Crippen LogP contribution in [0, 0.1) is 0 Å². The van der Waals surface area contributed by atoms with Gasteiger partial charge in [-0.25, -0.2) is 4.98 Å². The Bertz CT molecular complexity index is 511. The molecule has 3 N–H and O–H groups in total. The standard InChI is InChI=1S/C13H13N3O/c14-11-7-4-8-15-13(11)16-12(17)9-10-5-2-1-3-6-10/h1-8H,9,14H2,(H,15,16,17). The summed E-state index contributed by atoms with van der Waals surface area (Å²) in [4.78, 5) is 15.7. The number of aromatic nitrogens is 1. The minimum absolute atomic E-state index is 0.124. The fraction of sp³-hybridized carbons (Fsp3) is 0.0769. The average Bonchev–Trinajstić information content (AvgIpc) is 2.33. The second-order valence-electron chi connectivity index (χ2n) is 3.65. The number of anilines is 2. The van der Waals surface area contributed by atoms with Gasteiger partial charge in [0.25, 0.3) is 0 Å². The second-order valence-corrected chi connectivity index (χ2v) is 3.65. The summed E-state index contributed by atoms with van der Waals surface area (Å²) >= 11 is 0. The monoisotopic (exact) mass is 227 g/mol.